The minimum absolute atomic E-state index is 0.282. The van der Waals surface area contributed by atoms with Gasteiger partial charge in [0.2, 0.25) is 5.95 Å². The molecule has 3 rings (SSSR count). The van der Waals surface area contributed by atoms with Crippen molar-refractivity contribution in [3.8, 4) is 0 Å². The molecule has 2 aromatic heterocycles. The van der Waals surface area contributed by atoms with E-state index in [9.17, 15) is 4.39 Å². The van der Waals surface area contributed by atoms with Crippen LogP contribution in [0.1, 0.15) is 5.56 Å². The predicted molar refractivity (Wildman–Crippen MR) is 88.0 cm³/mol. The number of anilines is 2. The van der Waals surface area contributed by atoms with E-state index in [1.807, 2.05) is 25.1 Å². The average molecular weight is 316 g/mol. The molecule has 1 aliphatic heterocycles. The Balaban J connectivity index is 1.59. The van der Waals surface area contributed by atoms with Gasteiger partial charge in [-0.25, -0.2) is 9.37 Å². The monoisotopic (exact) mass is 316 g/mol. The highest BCUT2D eigenvalue weighted by atomic mass is 19.1. The van der Waals surface area contributed by atoms with Crippen molar-refractivity contribution < 1.29 is 4.39 Å². The summed E-state index contributed by atoms with van der Waals surface area (Å²) in [5, 5.41) is 0. The maximum absolute atomic E-state index is 13.2. The van der Waals surface area contributed by atoms with E-state index in [0.717, 1.165) is 50.1 Å². The van der Waals surface area contributed by atoms with Crippen LogP contribution in [0.25, 0.3) is 0 Å². The Morgan fingerprint density at radius 2 is 1.96 bits per heavy atom. The van der Waals surface area contributed by atoms with Crippen molar-refractivity contribution >= 4 is 11.8 Å². The van der Waals surface area contributed by atoms with E-state index in [4.69, 9.17) is 0 Å². The fourth-order valence-corrected chi connectivity index (χ4v) is 2.65. The summed E-state index contributed by atoms with van der Waals surface area (Å²) >= 11 is 0. The third kappa shape index (κ3) is 3.92. The van der Waals surface area contributed by atoms with Gasteiger partial charge in [-0.3, -0.25) is 9.88 Å². The highest BCUT2D eigenvalue weighted by Crippen LogP contribution is 2.16. The van der Waals surface area contributed by atoms with Gasteiger partial charge in [0.15, 0.2) is 0 Å². The maximum atomic E-state index is 13.2. The number of hydrogen-bond donors (Lipinski definition) is 0. The van der Waals surface area contributed by atoms with E-state index >= 15 is 0 Å². The molecule has 23 heavy (non-hydrogen) atoms. The summed E-state index contributed by atoms with van der Waals surface area (Å²) in [6.07, 6.45) is 4.75. The quantitative estimate of drug-likeness (QED) is 0.850. The molecule has 0 radical (unpaired) electrons. The minimum Gasteiger partial charge on any atom is -0.363 e. The van der Waals surface area contributed by atoms with E-state index in [2.05, 4.69) is 24.8 Å². The summed E-state index contributed by atoms with van der Waals surface area (Å²) in [6, 6.07) is 3.44. The normalized spacial score (nSPS) is 15.7. The molecule has 0 atom stereocenters. The molecule has 0 saturated carbocycles. The molecule has 122 valence electrons. The second-order valence-electron chi connectivity index (χ2n) is 5.88. The largest absolute Gasteiger partial charge is 0.363 e. The van der Waals surface area contributed by atoms with Crippen molar-refractivity contribution in [2.45, 2.75) is 6.54 Å². The van der Waals surface area contributed by atoms with E-state index in [1.165, 1.54) is 6.20 Å². The van der Waals surface area contributed by atoms with E-state index in [0.29, 0.717) is 0 Å². The summed E-state index contributed by atoms with van der Waals surface area (Å²) in [6.45, 7) is 4.23. The van der Waals surface area contributed by atoms with Crippen molar-refractivity contribution in [3.63, 3.8) is 0 Å². The second kappa shape index (κ2) is 6.87. The Morgan fingerprint density at radius 3 is 2.65 bits per heavy atom. The zero-order chi connectivity index (χ0) is 16.2. The first kappa shape index (κ1) is 15.6. The highest BCUT2D eigenvalue weighted by molar-refractivity contribution is 5.42. The van der Waals surface area contributed by atoms with Crippen molar-refractivity contribution in [2.75, 3.05) is 50.1 Å². The molecule has 1 fully saturated rings. The predicted octanol–water partition coefficient (Wildman–Crippen LogP) is 1.40. The zero-order valence-electron chi connectivity index (χ0n) is 13.5. The van der Waals surface area contributed by atoms with Crippen LogP contribution in [0, 0.1) is 5.82 Å². The first-order valence-electron chi connectivity index (χ1n) is 7.69. The van der Waals surface area contributed by atoms with Crippen molar-refractivity contribution in [1.29, 1.82) is 0 Å². The highest BCUT2D eigenvalue weighted by Gasteiger charge is 2.19. The van der Waals surface area contributed by atoms with Gasteiger partial charge < -0.3 is 9.80 Å². The molecular formula is C16H21FN6. The Morgan fingerprint density at radius 1 is 1.17 bits per heavy atom. The lowest BCUT2D eigenvalue weighted by Gasteiger charge is -2.34. The molecule has 0 aliphatic carbocycles. The number of piperazine rings is 1. The summed E-state index contributed by atoms with van der Waals surface area (Å²) in [5.74, 6) is 1.39. The van der Waals surface area contributed by atoms with Crippen LogP contribution in [0.5, 0.6) is 0 Å². The van der Waals surface area contributed by atoms with Crippen LogP contribution in [0.2, 0.25) is 0 Å². The average Bonchev–Trinajstić information content (AvgIpc) is 2.56. The Kier molecular flexibility index (Phi) is 4.66. The van der Waals surface area contributed by atoms with Gasteiger partial charge in [-0.15, -0.1) is 0 Å². The van der Waals surface area contributed by atoms with Crippen LogP contribution < -0.4 is 9.80 Å². The Labute approximate surface area is 135 Å². The Hall–Kier alpha value is -2.28. The van der Waals surface area contributed by atoms with E-state index < -0.39 is 0 Å². The van der Waals surface area contributed by atoms with Crippen LogP contribution in [0.15, 0.2) is 30.7 Å². The van der Waals surface area contributed by atoms with Crippen LogP contribution in [0.4, 0.5) is 16.2 Å². The van der Waals surface area contributed by atoms with Gasteiger partial charge in [0.25, 0.3) is 0 Å². The Bertz CT molecular complexity index is 655. The van der Waals surface area contributed by atoms with E-state index in [1.54, 1.807) is 18.5 Å². The number of pyridine rings is 1. The molecule has 6 nitrogen and oxygen atoms in total. The molecule has 0 amide bonds. The lowest BCUT2D eigenvalue weighted by molar-refractivity contribution is 0.248. The number of rotatable bonds is 4. The third-order valence-corrected chi connectivity index (χ3v) is 3.91. The van der Waals surface area contributed by atoms with E-state index in [-0.39, 0.29) is 5.82 Å². The first-order valence-corrected chi connectivity index (χ1v) is 7.69. The molecule has 2 aromatic rings. The molecular weight excluding hydrogens is 295 g/mol. The molecule has 0 unspecified atom stereocenters. The van der Waals surface area contributed by atoms with Gasteiger partial charge in [-0.2, -0.15) is 4.98 Å². The lowest BCUT2D eigenvalue weighted by Crippen LogP contribution is -2.46. The fraction of sp³-hybridized carbons (Fsp3) is 0.438. The lowest BCUT2D eigenvalue weighted by atomic mass is 10.2. The molecule has 7 heteroatoms. The van der Waals surface area contributed by atoms with Crippen molar-refractivity contribution in [3.05, 3.63) is 42.1 Å². The molecule has 0 bridgehead atoms. The molecule has 0 spiro atoms. The minimum atomic E-state index is -0.282. The third-order valence-electron chi connectivity index (χ3n) is 3.91. The van der Waals surface area contributed by atoms with Gasteiger partial charge in [0.05, 0.1) is 6.20 Å². The number of nitrogens with zero attached hydrogens (tertiary/aromatic N) is 6. The smallest absolute Gasteiger partial charge is 0.227 e. The van der Waals surface area contributed by atoms with Crippen molar-refractivity contribution in [1.82, 2.24) is 19.9 Å². The van der Waals surface area contributed by atoms with Gasteiger partial charge >= 0.3 is 0 Å². The number of halogens is 1. The summed E-state index contributed by atoms with van der Waals surface area (Å²) in [7, 11) is 3.94. The molecule has 3 heterocycles. The van der Waals surface area contributed by atoms with Gasteiger partial charge in [0, 0.05) is 59.2 Å². The van der Waals surface area contributed by atoms with Gasteiger partial charge in [-0.1, -0.05) is 0 Å². The molecule has 0 N–H and O–H groups in total. The molecule has 1 saturated heterocycles. The maximum Gasteiger partial charge on any atom is 0.227 e. The second-order valence-corrected chi connectivity index (χ2v) is 5.88. The summed E-state index contributed by atoms with van der Waals surface area (Å²) in [5.41, 5.74) is 0.907. The van der Waals surface area contributed by atoms with Crippen LogP contribution in [0.3, 0.4) is 0 Å². The number of hydrogen-bond acceptors (Lipinski definition) is 6. The van der Waals surface area contributed by atoms with Crippen LogP contribution >= 0.6 is 0 Å². The SMILES string of the molecule is CN(C)c1ccnc(N2CCN(Cc3cncc(F)c3)CC2)n1. The first-order chi connectivity index (χ1) is 11.1. The topological polar surface area (TPSA) is 48.4 Å². The van der Waals surface area contributed by atoms with Gasteiger partial charge in [-0.05, 0) is 17.7 Å². The van der Waals surface area contributed by atoms with Gasteiger partial charge in [0.1, 0.15) is 11.6 Å². The number of aromatic nitrogens is 3. The molecule has 1 aliphatic rings. The van der Waals surface area contributed by atoms with Crippen LogP contribution in [-0.4, -0.2) is 60.1 Å². The summed E-state index contributed by atoms with van der Waals surface area (Å²) in [4.78, 5) is 19.3. The standard InChI is InChI=1S/C16H21FN6/c1-21(2)15-3-4-19-16(20-15)23-7-5-22(6-8-23)12-13-9-14(17)11-18-10-13/h3-4,9-11H,5-8,12H2,1-2H3. The van der Waals surface area contributed by atoms with Crippen molar-refractivity contribution in [2.24, 2.45) is 0 Å². The summed E-state index contributed by atoms with van der Waals surface area (Å²) < 4.78 is 13.2. The fourth-order valence-electron chi connectivity index (χ4n) is 2.65. The molecule has 0 aromatic carbocycles. The zero-order valence-corrected chi connectivity index (χ0v) is 13.5. The van der Waals surface area contributed by atoms with Crippen LogP contribution in [-0.2, 0) is 6.54 Å².